The number of benzene rings is 3. The Hall–Kier alpha value is -2.85. The monoisotopic (exact) mass is 376 g/mol. The van der Waals surface area contributed by atoms with E-state index >= 15 is 0 Å². The molecule has 3 aromatic carbocycles. The van der Waals surface area contributed by atoms with Crippen LogP contribution in [0.4, 0.5) is 0 Å². The van der Waals surface area contributed by atoms with Gasteiger partial charge in [0, 0.05) is 12.1 Å². The van der Waals surface area contributed by atoms with Crippen LogP contribution in [-0.4, -0.2) is 38.1 Å². The Morgan fingerprint density at radius 3 is 2.61 bits per heavy atom. The van der Waals surface area contributed by atoms with Crippen LogP contribution < -0.4 is 10.1 Å². The summed E-state index contributed by atoms with van der Waals surface area (Å²) in [4.78, 5) is 15.0. The number of likely N-dealkylation sites (N-methyl/N-ethyl adjacent to an activating group) is 1. The van der Waals surface area contributed by atoms with Crippen LogP contribution >= 0.6 is 0 Å². The van der Waals surface area contributed by atoms with Crippen molar-refractivity contribution in [2.24, 2.45) is 0 Å². The first-order valence-electron chi connectivity index (χ1n) is 9.62. The topological polar surface area (TPSA) is 41.6 Å². The van der Waals surface area contributed by atoms with Crippen molar-refractivity contribution in [1.82, 2.24) is 10.2 Å². The molecular weight excluding hydrogens is 348 g/mol. The molecule has 4 nitrogen and oxygen atoms in total. The number of carbonyl (C=O) groups is 1. The van der Waals surface area contributed by atoms with E-state index in [9.17, 15) is 4.79 Å². The lowest BCUT2D eigenvalue weighted by Crippen LogP contribution is -2.27. The van der Waals surface area contributed by atoms with Crippen LogP contribution in [0.15, 0.2) is 60.7 Å². The third kappa shape index (κ3) is 4.70. The van der Waals surface area contributed by atoms with Gasteiger partial charge in [-0.3, -0.25) is 4.79 Å². The van der Waals surface area contributed by atoms with Gasteiger partial charge in [-0.05, 0) is 62.0 Å². The van der Waals surface area contributed by atoms with Gasteiger partial charge >= 0.3 is 0 Å². The lowest BCUT2D eigenvalue weighted by molar-refractivity contribution is 0.0939. The first-order valence-corrected chi connectivity index (χ1v) is 9.62. The molecule has 28 heavy (non-hydrogen) atoms. The van der Waals surface area contributed by atoms with Crippen molar-refractivity contribution in [3.05, 3.63) is 77.4 Å². The molecule has 0 heterocycles. The maximum atomic E-state index is 12.9. The largest absolute Gasteiger partial charge is 0.492 e. The Labute approximate surface area is 167 Å². The van der Waals surface area contributed by atoms with E-state index in [4.69, 9.17) is 4.74 Å². The zero-order chi connectivity index (χ0) is 20.1. The fraction of sp³-hybridized carbons (Fsp3) is 0.292. The minimum absolute atomic E-state index is 0.0870. The van der Waals surface area contributed by atoms with Crippen molar-refractivity contribution >= 4 is 16.7 Å². The smallest absolute Gasteiger partial charge is 0.252 e. The van der Waals surface area contributed by atoms with Gasteiger partial charge in [0.15, 0.2) is 0 Å². The Balaban J connectivity index is 1.76. The van der Waals surface area contributed by atoms with Crippen LogP contribution in [0.1, 0.15) is 34.5 Å². The van der Waals surface area contributed by atoms with E-state index in [0.29, 0.717) is 12.2 Å². The van der Waals surface area contributed by atoms with Crippen LogP contribution in [-0.2, 0) is 0 Å². The lowest BCUT2D eigenvalue weighted by Gasteiger charge is -2.18. The third-order valence-electron chi connectivity index (χ3n) is 4.90. The summed E-state index contributed by atoms with van der Waals surface area (Å²) in [5.74, 6) is 0.631. The number of rotatable bonds is 7. The van der Waals surface area contributed by atoms with Crippen molar-refractivity contribution in [2.45, 2.75) is 19.9 Å². The molecule has 0 fully saturated rings. The molecule has 1 N–H and O–H groups in total. The van der Waals surface area contributed by atoms with E-state index in [1.54, 1.807) is 0 Å². The van der Waals surface area contributed by atoms with Crippen LogP contribution in [0.3, 0.4) is 0 Å². The van der Waals surface area contributed by atoms with E-state index in [1.165, 1.54) is 5.39 Å². The van der Waals surface area contributed by atoms with E-state index in [2.05, 4.69) is 34.5 Å². The fourth-order valence-electron chi connectivity index (χ4n) is 3.26. The van der Waals surface area contributed by atoms with Crippen molar-refractivity contribution < 1.29 is 9.53 Å². The first-order chi connectivity index (χ1) is 13.5. The SMILES string of the molecule is Cc1ccc(OCCN(C)C)cc1C(=O)NC(C)c1cccc2ccccc12. The maximum absolute atomic E-state index is 12.9. The van der Waals surface area contributed by atoms with Gasteiger partial charge in [0.25, 0.3) is 5.91 Å². The Morgan fingerprint density at radius 1 is 1.07 bits per heavy atom. The van der Waals surface area contributed by atoms with Crippen LogP contribution in [0.5, 0.6) is 5.75 Å². The van der Waals surface area contributed by atoms with Crippen molar-refractivity contribution in [3.8, 4) is 5.75 Å². The molecule has 146 valence electrons. The molecule has 0 bridgehead atoms. The highest BCUT2D eigenvalue weighted by atomic mass is 16.5. The van der Waals surface area contributed by atoms with Gasteiger partial charge in [-0.2, -0.15) is 0 Å². The number of fused-ring (bicyclic) bond motifs is 1. The number of carbonyl (C=O) groups excluding carboxylic acids is 1. The summed E-state index contributed by atoms with van der Waals surface area (Å²) < 4.78 is 5.79. The predicted molar refractivity (Wildman–Crippen MR) is 115 cm³/mol. The minimum atomic E-state index is -0.101. The summed E-state index contributed by atoms with van der Waals surface area (Å²) in [5.41, 5.74) is 2.69. The standard InChI is InChI=1S/C24H28N2O2/c1-17-12-13-20(28-15-14-26(3)4)16-23(17)24(27)25-18(2)21-11-7-9-19-8-5-6-10-22(19)21/h5-13,16,18H,14-15H2,1-4H3,(H,25,27). The average Bonchev–Trinajstić information content (AvgIpc) is 2.68. The second-order valence-corrected chi connectivity index (χ2v) is 7.39. The van der Waals surface area contributed by atoms with Crippen LogP contribution in [0, 0.1) is 6.92 Å². The molecule has 0 aromatic heterocycles. The molecule has 0 aliphatic carbocycles. The van der Waals surface area contributed by atoms with E-state index in [0.717, 1.165) is 28.8 Å². The van der Waals surface area contributed by atoms with Crippen molar-refractivity contribution in [3.63, 3.8) is 0 Å². The number of nitrogens with zero attached hydrogens (tertiary/aromatic N) is 1. The summed E-state index contributed by atoms with van der Waals surface area (Å²) in [6.45, 7) is 5.38. The highest BCUT2D eigenvalue weighted by Gasteiger charge is 2.16. The molecule has 0 spiro atoms. The Morgan fingerprint density at radius 2 is 1.82 bits per heavy atom. The molecule has 0 aliphatic heterocycles. The third-order valence-corrected chi connectivity index (χ3v) is 4.90. The van der Waals surface area contributed by atoms with Crippen molar-refractivity contribution in [1.29, 1.82) is 0 Å². The molecular formula is C24H28N2O2. The van der Waals surface area contributed by atoms with Gasteiger partial charge in [0.2, 0.25) is 0 Å². The minimum Gasteiger partial charge on any atom is -0.492 e. The van der Waals surface area contributed by atoms with Gasteiger partial charge in [0.1, 0.15) is 12.4 Å². The summed E-state index contributed by atoms with van der Waals surface area (Å²) in [6.07, 6.45) is 0. The number of hydrogen-bond acceptors (Lipinski definition) is 3. The second-order valence-electron chi connectivity index (χ2n) is 7.39. The molecule has 0 radical (unpaired) electrons. The molecule has 0 aliphatic rings. The number of amides is 1. The van der Waals surface area contributed by atoms with E-state index < -0.39 is 0 Å². The fourth-order valence-corrected chi connectivity index (χ4v) is 3.26. The number of nitrogens with one attached hydrogen (secondary N) is 1. The lowest BCUT2D eigenvalue weighted by atomic mass is 9.99. The van der Waals surface area contributed by atoms with Gasteiger partial charge in [0.05, 0.1) is 6.04 Å². The second kappa shape index (κ2) is 8.89. The molecule has 0 saturated carbocycles. The van der Waals surface area contributed by atoms with E-state index in [1.807, 2.05) is 64.3 Å². The first kappa shape index (κ1) is 19.9. The number of aryl methyl sites for hydroxylation is 1. The highest BCUT2D eigenvalue weighted by molar-refractivity contribution is 5.96. The molecule has 3 aromatic rings. The zero-order valence-corrected chi connectivity index (χ0v) is 17.0. The summed E-state index contributed by atoms with van der Waals surface area (Å²) in [7, 11) is 4.01. The molecule has 3 rings (SSSR count). The quantitative estimate of drug-likeness (QED) is 0.656. The predicted octanol–water partition coefficient (Wildman–Crippen LogP) is 4.58. The zero-order valence-electron chi connectivity index (χ0n) is 17.0. The Kier molecular flexibility index (Phi) is 6.32. The van der Waals surface area contributed by atoms with E-state index in [-0.39, 0.29) is 11.9 Å². The van der Waals surface area contributed by atoms with Gasteiger partial charge in [-0.25, -0.2) is 0 Å². The molecule has 1 atom stereocenters. The summed E-state index contributed by atoms with van der Waals surface area (Å²) in [6, 6.07) is 20.0. The number of hydrogen-bond donors (Lipinski definition) is 1. The van der Waals surface area contributed by atoms with Gasteiger partial charge in [-0.15, -0.1) is 0 Å². The normalized spacial score (nSPS) is 12.2. The average molecular weight is 377 g/mol. The Bertz CT molecular complexity index is 960. The van der Waals surface area contributed by atoms with Crippen LogP contribution in [0.2, 0.25) is 0 Å². The molecule has 4 heteroatoms. The maximum Gasteiger partial charge on any atom is 0.252 e. The highest BCUT2D eigenvalue weighted by Crippen LogP contribution is 2.25. The number of ether oxygens (including phenoxy) is 1. The summed E-state index contributed by atoms with van der Waals surface area (Å²) >= 11 is 0. The molecule has 0 saturated heterocycles. The van der Waals surface area contributed by atoms with Crippen molar-refractivity contribution in [2.75, 3.05) is 27.2 Å². The molecule has 1 unspecified atom stereocenters. The van der Waals surface area contributed by atoms with Gasteiger partial charge in [-0.1, -0.05) is 48.5 Å². The molecule has 1 amide bonds. The van der Waals surface area contributed by atoms with Crippen LogP contribution in [0.25, 0.3) is 10.8 Å². The van der Waals surface area contributed by atoms with Gasteiger partial charge < -0.3 is 15.0 Å². The summed E-state index contributed by atoms with van der Waals surface area (Å²) in [5, 5.41) is 5.48.